The maximum absolute atomic E-state index is 6.08. The van der Waals surface area contributed by atoms with E-state index < -0.39 is 0 Å². The molecule has 0 N–H and O–H groups in total. The number of ether oxygens (including phenoxy) is 2. The van der Waals surface area contributed by atoms with Crippen LogP contribution in [0, 0.1) is 0 Å². The molecular formula is C16H23O2S+. The lowest BCUT2D eigenvalue weighted by Gasteiger charge is -2.23. The normalized spacial score (nSPS) is 22.3. The van der Waals surface area contributed by atoms with Crippen molar-refractivity contribution in [1.82, 2.24) is 0 Å². The summed E-state index contributed by atoms with van der Waals surface area (Å²) in [5.74, 6) is 3.42. The lowest BCUT2D eigenvalue weighted by Crippen LogP contribution is -2.26. The second-order valence-corrected chi connectivity index (χ2v) is 7.64. The minimum atomic E-state index is 0.396. The van der Waals surface area contributed by atoms with Gasteiger partial charge in [-0.05, 0) is 49.9 Å². The number of hydrogen-bond donors (Lipinski definition) is 0. The molecule has 0 amide bonds. The van der Waals surface area contributed by atoms with Gasteiger partial charge in [-0.2, -0.15) is 0 Å². The summed E-state index contributed by atoms with van der Waals surface area (Å²) in [6.07, 6.45) is 6.93. The van der Waals surface area contributed by atoms with Gasteiger partial charge in [0.05, 0.1) is 19.3 Å². The van der Waals surface area contributed by atoms with E-state index in [0.717, 1.165) is 19.0 Å². The standard InChI is InChI=1S/C16H23O2S/c1-2-4-14(5-3-1)18-15-6-8-16(9-7-15)19-12-10-17-11-13-19/h6-9,14H,1-5,10-13H2/q+1. The molecule has 0 atom stereocenters. The molecule has 0 radical (unpaired) electrons. The highest BCUT2D eigenvalue weighted by molar-refractivity contribution is 7.97. The molecule has 1 heterocycles. The topological polar surface area (TPSA) is 18.5 Å². The Morgan fingerprint density at radius 1 is 0.947 bits per heavy atom. The van der Waals surface area contributed by atoms with Gasteiger partial charge in [-0.1, -0.05) is 6.42 Å². The van der Waals surface area contributed by atoms with Crippen molar-refractivity contribution in [3.63, 3.8) is 0 Å². The van der Waals surface area contributed by atoms with E-state index in [1.54, 1.807) is 0 Å². The second-order valence-electron chi connectivity index (χ2n) is 5.36. The third-order valence-electron chi connectivity index (χ3n) is 3.96. The van der Waals surface area contributed by atoms with Crippen LogP contribution in [0.2, 0.25) is 0 Å². The first-order valence-corrected chi connectivity index (χ1v) is 9.00. The molecule has 104 valence electrons. The second kappa shape index (κ2) is 6.67. The van der Waals surface area contributed by atoms with Crippen LogP contribution in [0.25, 0.3) is 0 Å². The average Bonchev–Trinajstić information content (AvgIpc) is 2.50. The van der Waals surface area contributed by atoms with Crippen LogP contribution in [0.5, 0.6) is 5.75 Å². The highest BCUT2D eigenvalue weighted by atomic mass is 32.2. The van der Waals surface area contributed by atoms with Crippen molar-refractivity contribution < 1.29 is 9.47 Å². The Hall–Kier alpha value is -0.670. The van der Waals surface area contributed by atoms with E-state index in [9.17, 15) is 0 Å². The van der Waals surface area contributed by atoms with Crippen molar-refractivity contribution in [2.24, 2.45) is 0 Å². The molecule has 1 aromatic rings. The fourth-order valence-corrected chi connectivity index (χ4v) is 4.68. The SMILES string of the molecule is c1cc([S+]2CCOCC2)ccc1OC1CCCCC1. The van der Waals surface area contributed by atoms with Crippen LogP contribution >= 0.6 is 0 Å². The summed E-state index contributed by atoms with van der Waals surface area (Å²) in [6.45, 7) is 1.84. The summed E-state index contributed by atoms with van der Waals surface area (Å²) in [7, 11) is 0.396. The highest BCUT2D eigenvalue weighted by Crippen LogP contribution is 2.25. The Kier molecular flexibility index (Phi) is 4.67. The lowest BCUT2D eigenvalue weighted by atomic mass is 9.98. The lowest BCUT2D eigenvalue weighted by molar-refractivity contribution is 0.155. The Labute approximate surface area is 118 Å². The Morgan fingerprint density at radius 3 is 2.32 bits per heavy atom. The van der Waals surface area contributed by atoms with Gasteiger partial charge in [-0.15, -0.1) is 0 Å². The van der Waals surface area contributed by atoms with Gasteiger partial charge in [0.25, 0.3) is 0 Å². The molecule has 3 heteroatoms. The summed E-state index contributed by atoms with van der Waals surface area (Å²) in [5.41, 5.74) is 0. The van der Waals surface area contributed by atoms with Gasteiger partial charge in [0.15, 0.2) is 4.90 Å². The molecule has 1 aliphatic carbocycles. The van der Waals surface area contributed by atoms with Crippen LogP contribution in [0.3, 0.4) is 0 Å². The largest absolute Gasteiger partial charge is 0.490 e. The molecule has 3 rings (SSSR count). The van der Waals surface area contributed by atoms with Crippen LogP contribution < -0.4 is 4.74 Å². The molecule has 0 aromatic heterocycles. The molecule has 1 aromatic carbocycles. The Balaban J connectivity index is 1.58. The minimum Gasteiger partial charge on any atom is -0.490 e. The summed E-state index contributed by atoms with van der Waals surface area (Å²) in [4.78, 5) is 1.47. The van der Waals surface area contributed by atoms with Crippen molar-refractivity contribution in [2.75, 3.05) is 24.7 Å². The van der Waals surface area contributed by atoms with Gasteiger partial charge >= 0.3 is 0 Å². The maximum Gasteiger partial charge on any atom is 0.155 e. The summed E-state index contributed by atoms with van der Waals surface area (Å²) >= 11 is 0. The zero-order valence-corrected chi connectivity index (χ0v) is 12.3. The van der Waals surface area contributed by atoms with E-state index in [1.807, 2.05) is 0 Å². The fourth-order valence-electron chi connectivity index (χ4n) is 2.84. The monoisotopic (exact) mass is 279 g/mol. The van der Waals surface area contributed by atoms with Gasteiger partial charge in [-0.3, -0.25) is 0 Å². The number of hydrogen-bond acceptors (Lipinski definition) is 2. The van der Waals surface area contributed by atoms with Crippen molar-refractivity contribution in [3.8, 4) is 5.75 Å². The average molecular weight is 279 g/mol. The van der Waals surface area contributed by atoms with Crippen molar-refractivity contribution >= 4 is 10.9 Å². The molecule has 19 heavy (non-hydrogen) atoms. The zero-order chi connectivity index (χ0) is 12.9. The molecular weight excluding hydrogens is 256 g/mol. The summed E-state index contributed by atoms with van der Waals surface area (Å²) in [6, 6.07) is 8.83. The smallest absolute Gasteiger partial charge is 0.155 e. The van der Waals surface area contributed by atoms with E-state index in [0.29, 0.717) is 17.0 Å². The van der Waals surface area contributed by atoms with E-state index >= 15 is 0 Å². The molecule has 1 saturated heterocycles. The third-order valence-corrected chi connectivity index (χ3v) is 6.22. The molecule has 0 unspecified atom stereocenters. The van der Waals surface area contributed by atoms with Gasteiger partial charge in [0.2, 0.25) is 0 Å². The van der Waals surface area contributed by atoms with Gasteiger partial charge in [0.1, 0.15) is 17.3 Å². The van der Waals surface area contributed by atoms with Crippen molar-refractivity contribution in [3.05, 3.63) is 24.3 Å². The summed E-state index contributed by atoms with van der Waals surface area (Å²) < 4.78 is 11.5. The van der Waals surface area contributed by atoms with Crippen LogP contribution in [0.4, 0.5) is 0 Å². The van der Waals surface area contributed by atoms with Crippen LogP contribution in [0.1, 0.15) is 32.1 Å². The fraction of sp³-hybridized carbons (Fsp3) is 0.625. The minimum absolute atomic E-state index is 0.396. The van der Waals surface area contributed by atoms with Gasteiger partial charge in [-0.25, -0.2) is 0 Å². The molecule has 2 aliphatic rings. The van der Waals surface area contributed by atoms with E-state index in [2.05, 4.69) is 24.3 Å². The first-order valence-electron chi connectivity index (χ1n) is 7.44. The molecule has 0 bridgehead atoms. The van der Waals surface area contributed by atoms with Crippen LogP contribution in [-0.4, -0.2) is 30.8 Å². The summed E-state index contributed by atoms with van der Waals surface area (Å²) in [5, 5.41) is 0. The quantitative estimate of drug-likeness (QED) is 0.790. The molecule has 1 saturated carbocycles. The number of rotatable bonds is 3. The number of benzene rings is 1. The van der Waals surface area contributed by atoms with Crippen LogP contribution in [-0.2, 0) is 15.6 Å². The molecule has 2 fully saturated rings. The molecule has 0 spiro atoms. The zero-order valence-electron chi connectivity index (χ0n) is 11.5. The maximum atomic E-state index is 6.08. The predicted octanol–water partition coefficient (Wildman–Crippen LogP) is 3.41. The predicted molar refractivity (Wildman–Crippen MR) is 80.1 cm³/mol. The van der Waals surface area contributed by atoms with Crippen molar-refractivity contribution in [2.45, 2.75) is 43.1 Å². The van der Waals surface area contributed by atoms with Crippen LogP contribution in [0.15, 0.2) is 29.2 Å². The first-order chi connectivity index (χ1) is 9.42. The first kappa shape index (κ1) is 13.3. The van der Waals surface area contributed by atoms with E-state index in [1.165, 1.54) is 48.5 Å². The van der Waals surface area contributed by atoms with E-state index in [4.69, 9.17) is 9.47 Å². The molecule has 2 nitrogen and oxygen atoms in total. The third kappa shape index (κ3) is 3.67. The van der Waals surface area contributed by atoms with Gasteiger partial charge in [0, 0.05) is 10.9 Å². The van der Waals surface area contributed by atoms with Crippen molar-refractivity contribution in [1.29, 1.82) is 0 Å². The Morgan fingerprint density at radius 2 is 1.63 bits per heavy atom. The Bertz CT molecular complexity index is 378. The highest BCUT2D eigenvalue weighted by Gasteiger charge is 2.25. The van der Waals surface area contributed by atoms with Gasteiger partial charge < -0.3 is 9.47 Å². The molecule has 1 aliphatic heterocycles. The van der Waals surface area contributed by atoms with E-state index in [-0.39, 0.29) is 0 Å².